The number of fused-ring (bicyclic) bond motifs is 2. The molecule has 19 heavy (non-hydrogen) atoms. The zero-order chi connectivity index (χ0) is 14.2. The molecule has 108 valence electrons. The fourth-order valence-electron chi connectivity index (χ4n) is 2.62. The van der Waals surface area contributed by atoms with Crippen LogP contribution in [-0.2, 0) is 4.74 Å². The van der Waals surface area contributed by atoms with Gasteiger partial charge in [0.1, 0.15) is 5.60 Å². The van der Waals surface area contributed by atoms with Gasteiger partial charge in [0.15, 0.2) is 0 Å². The van der Waals surface area contributed by atoms with Crippen molar-refractivity contribution < 1.29 is 19.4 Å². The van der Waals surface area contributed by atoms with Gasteiger partial charge in [-0.05, 0) is 51.8 Å². The molecule has 0 aromatic carbocycles. The molecule has 1 N–H and O–H groups in total. The fraction of sp³-hybridized carbons (Fsp3) is 0.769. The molecule has 2 rings (SSSR count). The molecule has 5 nitrogen and oxygen atoms in total. The minimum atomic E-state index is -0.866. The SMILES string of the molecule is CC(C)(C)OC(=O)N1C2CC=S(C(=O)O)C1CCC2. The minimum Gasteiger partial charge on any atom is -0.473 e. The molecule has 0 aromatic heterocycles. The third-order valence-electron chi connectivity index (χ3n) is 3.34. The smallest absolute Gasteiger partial charge is 0.411 e. The van der Waals surface area contributed by atoms with E-state index in [0.717, 1.165) is 19.3 Å². The van der Waals surface area contributed by atoms with E-state index in [1.54, 1.807) is 4.90 Å². The van der Waals surface area contributed by atoms with Gasteiger partial charge in [0.25, 0.3) is 0 Å². The van der Waals surface area contributed by atoms with Crippen LogP contribution in [0.15, 0.2) is 0 Å². The number of carbonyl (C=O) groups excluding carboxylic acids is 1. The van der Waals surface area contributed by atoms with Crippen LogP contribution in [0.2, 0.25) is 0 Å². The van der Waals surface area contributed by atoms with Crippen LogP contribution >= 0.6 is 10.5 Å². The lowest BCUT2D eigenvalue weighted by Gasteiger charge is -2.45. The summed E-state index contributed by atoms with van der Waals surface area (Å²) < 4.78 is 5.43. The summed E-state index contributed by atoms with van der Waals surface area (Å²) >= 11 is 0. The highest BCUT2D eigenvalue weighted by molar-refractivity contribution is 8.27. The quantitative estimate of drug-likeness (QED) is 0.694. The van der Waals surface area contributed by atoms with Crippen molar-refractivity contribution in [2.75, 3.05) is 0 Å². The topological polar surface area (TPSA) is 66.8 Å². The Kier molecular flexibility index (Phi) is 3.90. The molecule has 2 aliphatic heterocycles. The highest BCUT2D eigenvalue weighted by Crippen LogP contribution is 2.40. The van der Waals surface area contributed by atoms with Gasteiger partial charge in [0.2, 0.25) is 0 Å². The van der Waals surface area contributed by atoms with Crippen LogP contribution in [0.5, 0.6) is 0 Å². The molecule has 2 heterocycles. The molecule has 6 heteroatoms. The van der Waals surface area contributed by atoms with Gasteiger partial charge in [-0.3, -0.25) is 4.90 Å². The van der Waals surface area contributed by atoms with E-state index in [1.165, 1.54) is 0 Å². The van der Waals surface area contributed by atoms with Crippen molar-refractivity contribution in [3.8, 4) is 0 Å². The Morgan fingerprint density at radius 2 is 2.05 bits per heavy atom. The van der Waals surface area contributed by atoms with Gasteiger partial charge in [0.05, 0.1) is 5.37 Å². The maximum absolute atomic E-state index is 12.3. The van der Waals surface area contributed by atoms with E-state index in [-0.39, 0.29) is 17.5 Å². The standard InChI is InChI=1S/C13H21NO4S/c1-13(2,3)18-11(15)14-9-5-4-6-10(14)19(8-7-9)12(16)17/h8-10H,4-7H2,1-3H3,(H,16,17). The van der Waals surface area contributed by atoms with Gasteiger partial charge in [0, 0.05) is 6.04 Å². The number of ether oxygens (including phenoxy) is 1. The Balaban J connectivity index is 2.23. The lowest BCUT2D eigenvalue weighted by atomic mass is 10.00. The lowest BCUT2D eigenvalue weighted by molar-refractivity contribution is 0.00648. The van der Waals surface area contributed by atoms with E-state index in [4.69, 9.17) is 4.74 Å². The molecule has 1 saturated heterocycles. The second-order valence-electron chi connectivity index (χ2n) is 5.97. The Bertz CT molecular complexity index is 427. The molecule has 1 amide bonds. The van der Waals surface area contributed by atoms with Gasteiger partial charge < -0.3 is 9.84 Å². The maximum Gasteiger partial charge on any atom is 0.411 e. The highest BCUT2D eigenvalue weighted by Gasteiger charge is 2.41. The van der Waals surface area contributed by atoms with Crippen LogP contribution in [0.3, 0.4) is 0 Å². The van der Waals surface area contributed by atoms with Crippen molar-refractivity contribution in [1.29, 1.82) is 0 Å². The summed E-state index contributed by atoms with van der Waals surface area (Å²) in [6.07, 6.45) is 2.96. The monoisotopic (exact) mass is 287 g/mol. The first-order valence-corrected chi connectivity index (χ1v) is 7.94. The van der Waals surface area contributed by atoms with Gasteiger partial charge in [-0.1, -0.05) is 10.5 Å². The van der Waals surface area contributed by atoms with Crippen LogP contribution < -0.4 is 0 Å². The summed E-state index contributed by atoms with van der Waals surface area (Å²) in [6, 6.07) is 0.108. The second kappa shape index (κ2) is 5.15. The average Bonchev–Trinajstić information content (AvgIpc) is 2.25. The number of hydrogen-bond donors (Lipinski definition) is 1. The Hall–Kier alpha value is -1.04. The Morgan fingerprint density at radius 1 is 1.37 bits per heavy atom. The van der Waals surface area contributed by atoms with E-state index in [1.807, 2.05) is 26.1 Å². The van der Waals surface area contributed by atoms with Gasteiger partial charge in [-0.2, -0.15) is 0 Å². The number of carboxylic acid groups (broad SMARTS) is 1. The van der Waals surface area contributed by atoms with Crippen LogP contribution in [-0.4, -0.2) is 43.8 Å². The number of rotatable bonds is 0. The van der Waals surface area contributed by atoms with Crippen LogP contribution in [0.4, 0.5) is 9.59 Å². The molecule has 2 bridgehead atoms. The van der Waals surface area contributed by atoms with Crippen molar-refractivity contribution in [2.45, 2.75) is 63.5 Å². The van der Waals surface area contributed by atoms with Crippen molar-refractivity contribution in [3.63, 3.8) is 0 Å². The van der Waals surface area contributed by atoms with Gasteiger partial charge in [-0.25, -0.2) is 9.59 Å². The average molecular weight is 287 g/mol. The fourth-order valence-corrected chi connectivity index (χ4v) is 4.57. The maximum atomic E-state index is 12.3. The van der Waals surface area contributed by atoms with E-state index < -0.39 is 21.4 Å². The van der Waals surface area contributed by atoms with E-state index in [0.29, 0.717) is 6.42 Å². The summed E-state index contributed by atoms with van der Waals surface area (Å²) in [5.74, 6) is 0. The predicted octanol–water partition coefficient (Wildman–Crippen LogP) is 3.25. The van der Waals surface area contributed by atoms with Gasteiger partial charge in [-0.15, -0.1) is 0 Å². The third kappa shape index (κ3) is 3.11. The van der Waals surface area contributed by atoms with Crippen LogP contribution in [0, 0.1) is 0 Å². The van der Waals surface area contributed by atoms with Crippen LogP contribution in [0.25, 0.3) is 0 Å². The first-order valence-electron chi connectivity index (χ1n) is 6.59. The summed E-state index contributed by atoms with van der Waals surface area (Å²) in [6.45, 7) is 5.48. The number of hydrogen-bond acceptors (Lipinski definition) is 3. The normalized spacial score (nSPS) is 30.5. The minimum absolute atomic E-state index is 0.108. The number of amides is 1. The lowest BCUT2D eigenvalue weighted by Crippen LogP contribution is -2.53. The number of nitrogens with zero attached hydrogens (tertiary/aromatic N) is 1. The van der Waals surface area contributed by atoms with Crippen LogP contribution in [0.1, 0.15) is 46.5 Å². The first-order chi connectivity index (χ1) is 8.79. The molecular formula is C13H21NO4S. The van der Waals surface area contributed by atoms with E-state index in [2.05, 4.69) is 0 Å². The van der Waals surface area contributed by atoms with Crippen molar-refractivity contribution in [2.24, 2.45) is 0 Å². The summed E-state index contributed by atoms with van der Waals surface area (Å²) in [4.78, 5) is 25.3. The molecule has 1 fully saturated rings. The molecule has 0 spiro atoms. The Labute approximate surface area is 115 Å². The third-order valence-corrected chi connectivity index (χ3v) is 5.34. The number of carbonyl (C=O) groups is 2. The molecular weight excluding hydrogens is 266 g/mol. The van der Waals surface area contributed by atoms with Crippen molar-refractivity contribution in [3.05, 3.63) is 0 Å². The predicted molar refractivity (Wildman–Crippen MR) is 75.8 cm³/mol. The zero-order valence-electron chi connectivity index (χ0n) is 11.6. The van der Waals surface area contributed by atoms with Crippen molar-refractivity contribution in [1.82, 2.24) is 4.90 Å². The summed E-state index contributed by atoms with van der Waals surface area (Å²) in [5.41, 5.74) is -0.547. The zero-order valence-corrected chi connectivity index (χ0v) is 12.4. The molecule has 2 aliphatic rings. The van der Waals surface area contributed by atoms with Gasteiger partial charge >= 0.3 is 11.4 Å². The molecule has 3 unspecified atom stereocenters. The summed E-state index contributed by atoms with van der Waals surface area (Å²) in [7, 11) is -0.866. The molecule has 0 aromatic rings. The molecule has 0 aliphatic carbocycles. The first kappa shape index (κ1) is 14.4. The molecule has 0 saturated carbocycles. The van der Waals surface area contributed by atoms with E-state index in [9.17, 15) is 14.7 Å². The van der Waals surface area contributed by atoms with Crippen molar-refractivity contribution >= 4 is 27.2 Å². The molecule has 0 radical (unpaired) electrons. The van der Waals surface area contributed by atoms with E-state index >= 15 is 0 Å². The number of piperidine rings is 1. The summed E-state index contributed by atoms with van der Waals surface area (Å²) in [5, 5.41) is 10.1. The highest BCUT2D eigenvalue weighted by atomic mass is 32.2. The largest absolute Gasteiger partial charge is 0.473 e. The molecule has 3 atom stereocenters. The second-order valence-corrected chi connectivity index (χ2v) is 7.94. The Morgan fingerprint density at radius 3 is 2.63 bits per heavy atom.